The summed E-state index contributed by atoms with van der Waals surface area (Å²) in [4.78, 5) is 20.6. The summed E-state index contributed by atoms with van der Waals surface area (Å²) in [5.74, 6) is 1.35. The van der Waals surface area contributed by atoms with Crippen molar-refractivity contribution in [2.24, 2.45) is 0 Å². The Morgan fingerprint density at radius 1 is 1.28 bits per heavy atom. The number of carbonyl (C=O) groups is 1. The van der Waals surface area contributed by atoms with Crippen molar-refractivity contribution in [1.29, 1.82) is 0 Å². The van der Waals surface area contributed by atoms with Crippen molar-refractivity contribution in [3.05, 3.63) is 55.2 Å². The van der Waals surface area contributed by atoms with Crippen LogP contribution in [0.5, 0.6) is 5.75 Å². The molecule has 4 aromatic heterocycles. The van der Waals surface area contributed by atoms with E-state index in [1.54, 1.807) is 49.0 Å². The van der Waals surface area contributed by atoms with E-state index in [4.69, 9.17) is 9.15 Å². The van der Waals surface area contributed by atoms with Crippen LogP contribution in [0.25, 0.3) is 17.1 Å². The van der Waals surface area contributed by atoms with Crippen LogP contribution in [-0.4, -0.2) is 33.5 Å². The van der Waals surface area contributed by atoms with Gasteiger partial charge in [-0.1, -0.05) is 0 Å². The van der Waals surface area contributed by atoms with E-state index in [2.05, 4.69) is 20.4 Å². The number of ether oxygens (including phenoxy) is 1. The van der Waals surface area contributed by atoms with Gasteiger partial charge in [0, 0.05) is 18.5 Å². The second kappa shape index (κ2) is 6.12. The van der Waals surface area contributed by atoms with E-state index >= 15 is 0 Å². The van der Waals surface area contributed by atoms with Gasteiger partial charge >= 0.3 is 6.09 Å². The number of pyridine rings is 1. The van der Waals surface area contributed by atoms with Crippen molar-refractivity contribution in [3.63, 3.8) is 0 Å². The van der Waals surface area contributed by atoms with E-state index in [1.165, 1.54) is 10.7 Å². The second-order valence-corrected chi connectivity index (χ2v) is 5.27. The molecule has 0 spiro atoms. The zero-order valence-corrected chi connectivity index (χ0v) is 13.2. The standard InChI is InChI=1S/C16H12BN5O3/c17-11-9-19-22-14(21-16(23)25-10-3-1-5-18-8-10)7-12(20-15(11)22)13-4-2-6-24-13/h1-9H,17H2,(H,21,23). The largest absolute Gasteiger partial charge is 0.463 e. The first kappa shape index (κ1) is 14.9. The lowest BCUT2D eigenvalue weighted by Crippen LogP contribution is -2.19. The number of amides is 1. The molecule has 4 aromatic rings. The number of carbonyl (C=O) groups excluding carboxylic acids is 1. The maximum atomic E-state index is 12.2. The molecule has 0 fully saturated rings. The van der Waals surface area contributed by atoms with Crippen LogP contribution < -0.4 is 15.5 Å². The highest BCUT2D eigenvalue weighted by atomic mass is 16.6. The Kier molecular flexibility index (Phi) is 3.66. The summed E-state index contributed by atoms with van der Waals surface area (Å²) in [5.41, 5.74) is 2.07. The minimum atomic E-state index is -0.654. The number of nitrogens with one attached hydrogen (secondary N) is 1. The molecule has 1 amide bonds. The molecule has 0 aliphatic rings. The highest BCUT2D eigenvalue weighted by Crippen LogP contribution is 2.22. The molecule has 25 heavy (non-hydrogen) atoms. The third-order valence-electron chi connectivity index (χ3n) is 3.50. The lowest BCUT2D eigenvalue weighted by Gasteiger charge is -2.09. The fourth-order valence-corrected chi connectivity index (χ4v) is 2.36. The monoisotopic (exact) mass is 333 g/mol. The van der Waals surface area contributed by atoms with Gasteiger partial charge in [-0.25, -0.2) is 9.78 Å². The van der Waals surface area contributed by atoms with E-state index in [1.807, 2.05) is 7.85 Å². The molecule has 0 atom stereocenters. The van der Waals surface area contributed by atoms with Gasteiger partial charge in [0.2, 0.25) is 0 Å². The number of aromatic nitrogens is 4. The topological polar surface area (TPSA) is 94.5 Å². The highest BCUT2D eigenvalue weighted by molar-refractivity contribution is 6.36. The molecule has 1 N–H and O–H groups in total. The van der Waals surface area contributed by atoms with Crippen molar-refractivity contribution in [2.75, 3.05) is 5.32 Å². The van der Waals surface area contributed by atoms with Crippen LogP contribution in [0.1, 0.15) is 0 Å². The van der Waals surface area contributed by atoms with Crippen LogP contribution in [-0.2, 0) is 0 Å². The summed E-state index contributed by atoms with van der Waals surface area (Å²) in [7, 11) is 1.89. The SMILES string of the molecule is Bc1cnn2c(NC(=O)Oc3cccnc3)cc(-c3ccco3)nc12. The van der Waals surface area contributed by atoms with Gasteiger partial charge in [-0.05, 0) is 29.7 Å². The first-order chi connectivity index (χ1) is 12.2. The number of nitrogens with zero attached hydrogens (tertiary/aromatic N) is 4. The van der Waals surface area contributed by atoms with Crippen molar-refractivity contribution in [2.45, 2.75) is 0 Å². The predicted molar refractivity (Wildman–Crippen MR) is 92.8 cm³/mol. The van der Waals surface area contributed by atoms with E-state index < -0.39 is 6.09 Å². The average molecular weight is 333 g/mol. The van der Waals surface area contributed by atoms with Crippen molar-refractivity contribution in [1.82, 2.24) is 19.6 Å². The van der Waals surface area contributed by atoms with Crippen LogP contribution in [0, 0.1) is 0 Å². The molecule has 122 valence electrons. The zero-order valence-electron chi connectivity index (χ0n) is 13.2. The smallest absolute Gasteiger partial charge is 0.418 e. The molecule has 0 aliphatic carbocycles. The molecule has 4 rings (SSSR count). The summed E-state index contributed by atoms with van der Waals surface area (Å²) in [6, 6.07) is 8.56. The second-order valence-electron chi connectivity index (χ2n) is 5.27. The number of hydrogen-bond donors (Lipinski definition) is 1. The molecule has 0 aromatic carbocycles. The highest BCUT2D eigenvalue weighted by Gasteiger charge is 2.15. The van der Waals surface area contributed by atoms with Gasteiger partial charge < -0.3 is 9.15 Å². The number of fused-ring (bicyclic) bond motifs is 1. The maximum Gasteiger partial charge on any atom is 0.418 e. The molecule has 0 radical (unpaired) electrons. The molecule has 0 saturated heterocycles. The molecule has 4 heterocycles. The van der Waals surface area contributed by atoms with Gasteiger partial charge in [0.15, 0.2) is 17.2 Å². The zero-order chi connectivity index (χ0) is 17.2. The summed E-state index contributed by atoms with van der Waals surface area (Å²) >= 11 is 0. The quantitative estimate of drug-likeness (QED) is 0.567. The predicted octanol–water partition coefficient (Wildman–Crippen LogP) is 1.25. The van der Waals surface area contributed by atoms with E-state index in [9.17, 15) is 4.79 Å². The fourth-order valence-electron chi connectivity index (χ4n) is 2.36. The number of rotatable bonds is 3. The molecule has 0 unspecified atom stereocenters. The lowest BCUT2D eigenvalue weighted by molar-refractivity contribution is 0.215. The average Bonchev–Trinajstić information content (AvgIpc) is 3.26. The number of anilines is 1. The fraction of sp³-hybridized carbons (Fsp3) is 0. The van der Waals surface area contributed by atoms with Gasteiger partial charge in [-0.15, -0.1) is 0 Å². The van der Waals surface area contributed by atoms with E-state index in [0.29, 0.717) is 28.7 Å². The Morgan fingerprint density at radius 3 is 2.96 bits per heavy atom. The molecule has 0 bridgehead atoms. The van der Waals surface area contributed by atoms with Gasteiger partial charge in [0.1, 0.15) is 19.4 Å². The molecular weight excluding hydrogens is 321 g/mol. The third-order valence-corrected chi connectivity index (χ3v) is 3.50. The van der Waals surface area contributed by atoms with Crippen LogP contribution in [0.4, 0.5) is 10.6 Å². The summed E-state index contributed by atoms with van der Waals surface area (Å²) in [6.45, 7) is 0. The van der Waals surface area contributed by atoms with Crippen LogP contribution in [0.3, 0.4) is 0 Å². The third kappa shape index (κ3) is 2.94. The Bertz CT molecular complexity index is 1030. The van der Waals surface area contributed by atoms with Crippen LogP contribution >= 0.6 is 0 Å². The van der Waals surface area contributed by atoms with Gasteiger partial charge in [0.05, 0.1) is 12.5 Å². The van der Waals surface area contributed by atoms with Gasteiger partial charge in [-0.3, -0.25) is 10.3 Å². The first-order valence-corrected chi connectivity index (χ1v) is 7.49. The Labute approximate surface area is 142 Å². The Morgan fingerprint density at radius 2 is 2.20 bits per heavy atom. The summed E-state index contributed by atoms with van der Waals surface area (Å²) < 4.78 is 12.1. The van der Waals surface area contributed by atoms with Crippen LogP contribution in [0.2, 0.25) is 0 Å². The van der Waals surface area contributed by atoms with Crippen molar-refractivity contribution in [3.8, 4) is 17.2 Å². The summed E-state index contributed by atoms with van der Waals surface area (Å²) in [6.07, 6.45) is 5.63. The molecule has 9 heteroatoms. The maximum absolute atomic E-state index is 12.2. The van der Waals surface area contributed by atoms with E-state index in [-0.39, 0.29) is 0 Å². The van der Waals surface area contributed by atoms with Crippen LogP contribution in [0.15, 0.2) is 59.6 Å². The normalized spacial score (nSPS) is 10.7. The van der Waals surface area contributed by atoms with E-state index in [0.717, 1.165) is 5.46 Å². The molecule has 0 saturated carbocycles. The Hall–Kier alpha value is -3.62. The number of hydrogen-bond acceptors (Lipinski definition) is 6. The molecule has 8 nitrogen and oxygen atoms in total. The Balaban J connectivity index is 1.69. The minimum Gasteiger partial charge on any atom is -0.463 e. The molecule has 0 aliphatic heterocycles. The van der Waals surface area contributed by atoms with Crippen molar-refractivity contribution < 1.29 is 13.9 Å². The molecular formula is C16H12BN5O3. The summed E-state index contributed by atoms with van der Waals surface area (Å²) in [5, 5.41) is 6.92. The van der Waals surface area contributed by atoms with Gasteiger partial charge in [-0.2, -0.15) is 9.61 Å². The van der Waals surface area contributed by atoms with Crippen molar-refractivity contribution >= 4 is 30.9 Å². The first-order valence-electron chi connectivity index (χ1n) is 7.49. The lowest BCUT2D eigenvalue weighted by atomic mass is 10.0. The van der Waals surface area contributed by atoms with Gasteiger partial charge in [0.25, 0.3) is 0 Å². The number of furan rings is 1. The minimum absolute atomic E-state index is 0.341.